The molecule has 0 radical (unpaired) electrons. The Morgan fingerprint density at radius 3 is 2.72 bits per heavy atom. The van der Waals surface area contributed by atoms with E-state index in [-0.39, 0.29) is 12.1 Å². The highest BCUT2D eigenvalue weighted by Gasteiger charge is 2.22. The first-order valence-corrected chi connectivity index (χ1v) is 6.42. The average Bonchev–Trinajstić information content (AvgIpc) is 2.39. The zero-order valence-corrected chi connectivity index (χ0v) is 12.0. The highest BCUT2D eigenvalue weighted by Crippen LogP contribution is 2.17. The molecule has 0 aliphatic carbocycles. The van der Waals surface area contributed by atoms with Crippen LogP contribution in [0.15, 0.2) is 35.6 Å². The van der Waals surface area contributed by atoms with Crippen molar-refractivity contribution in [1.29, 1.82) is 0 Å². The van der Waals surface area contributed by atoms with Crippen LogP contribution in [-0.2, 0) is 14.3 Å². The van der Waals surface area contributed by atoms with Crippen molar-refractivity contribution in [2.45, 2.75) is 46.6 Å². The first-order valence-electron chi connectivity index (χ1n) is 6.42. The molecule has 102 valence electrons. The van der Waals surface area contributed by atoms with Crippen LogP contribution < -0.4 is 0 Å². The van der Waals surface area contributed by atoms with Crippen LogP contribution in [-0.4, -0.2) is 19.2 Å². The molecule has 1 aliphatic heterocycles. The molecule has 18 heavy (non-hydrogen) atoms. The second-order valence-corrected chi connectivity index (χ2v) is 3.72. The van der Waals surface area contributed by atoms with Crippen molar-refractivity contribution in [2.75, 3.05) is 7.11 Å². The molecular formula is C15H24O3. The maximum absolute atomic E-state index is 11.4. The van der Waals surface area contributed by atoms with Gasteiger partial charge in [-0.15, -0.1) is 0 Å². The summed E-state index contributed by atoms with van der Waals surface area (Å²) >= 11 is 0. The molecule has 0 saturated carbocycles. The van der Waals surface area contributed by atoms with Gasteiger partial charge in [-0.3, -0.25) is 0 Å². The Kier molecular flexibility index (Phi) is 8.71. The van der Waals surface area contributed by atoms with Gasteiger partial charge in [0.25, 0.3) is 0 Å². The van der Waals surface area contributed by atoms with Gasteiger partial charge in [0, 0.05) is 12.8 Å². The summed E-state index contributed by atoms with van der Waals surface area (Å²) in [4.78, 5) is 11.4. The molecule has 1 atom stereocenters. The molecule has 0 fully saturated rings. The average molecular weight is 252 g/mol. The Morgan fingerprint density at radius 1 is 1.56 bits per heavy atom. The van der Waals surface area contributed by atoms with E-state index in [1.165, 1.54) is 12.7 Å². The number of cyclic esters (lactones) is 1. The van der Waals surface area contributed by atoms with Crippen molar-refractivity contribution < 1.29 is 14.3 Å². The highest BCUT2D eigenvalue weighted by molar-refractivity contribution is 5.87. The van der Waals surface area contributed by atoms with E-state index in [0.29, 0.717) is 12.2 Å². The summed E-state index contributed by atoms with van der Waals surface area (Å²) in [5.74, 6) is -0.0544. The van der Waals surface area contributed by atoms with Gasteiger partial charge in [-0.25, -0.2) is 4.79 Å². The Balaban J connectivity index is 0.00000137. The number of rotatable bonds is 4. The molecule has 3 heteroatoms. The van der Waals surface area contributed by atoms with Crippen LogP contribution >= 0.6 is 0 Å². The molecule has 1 rings (SSSR count). The third-order valence-corrected chi connectivity index (χ3v) is 2.39. The highest BCUT2D eigenvalue weighted by atomic mass is 16.6. The van der Waals surface area contributed by atoms with Gasteiger partial charge >= 0.3 is 5.97 Å². The number of methoxy groups -OCH3 is 1. The van der Waals surface area contributed by atoms with Gasteiger partial charge in [0.1, 0.15) is 6.10 Å². The molecule has 0 amide bonds. The fourth-order valence-electron chi connectivity index (χ4n) is 1.54. The number of allylic oxidation sites excluding steroid dienone is 3. The molecular weight excluding hydrogens is 228 g/mol. The summed E-state index contributed by atoms with van der Waals surface area (Å²) in [5.41, 5.74) is 1.18. The molecule has 0 aromatic carbocycles. The SMILES string of the molecule is C/C=C\C(C)=C\C[C@@H]1CC=C(OC)C(=O)O1.CC. The van der Waals surface area contributed by atoms with Crippen LogP contribution in [0.3, 0.4) is 0 Å². The van der Waals surface area contributed by atoms with Crippen molar-refractivity contribution >= 4 is 5.97 Å². The molecule has 0 spiro atoms. The second kappa shape index (κ2) is 9.51. The lowest BCUT2D eigenvalue weighted by Crippen LogP contribution is -2.23. The van der Waals surface area contributed by atoms with E-state index in [1.54, 1.807) is 6.08 Å². The molecule has 0 saturated heterocycles. The third-order valence-electron chi connectivity index (χ3n) is 2.39. The van der Waals surface area contributed by atoms with Gasteiger partial charge in [0.15, 0.2) is 5.76 Å². The molecule has 0 aromatic heterocycles. The number of esters is 1. The van der Waals surface area contributed by atoms with Gasteiger partial charge < -0.3 is 9.47 Å². The zero-order valence-electron chi connectivity index (χ0n) is 12.0. The minimum atomic E-state index is -0.365. The van der Waals surface area contributed by atoms with E-state index in [2.05, 4.69) is 6.08 Å². The van der Waals surface area contributed by atoms with Crippen molar-refractivity contribution in [3.05, 3.63) is 35.6 Å². The Labute approximate surface area is 110 Å². The molecule has 3 nitrogen and oxygen atoms in total. The molecule has 1 aliphatic rings. The quantitative estimate of drug-likeness (QED) is 0.564. The lowest BCUT2D eigenvalue weighted by atomic mass is 10.1. The predicted octanol–water partition coefficient (Wildman–Crippen LogP) is 3.77. The summed E-state index contributed by atoms with van der Waals surface area (Å²) in [6, 6.07) is 0. The normalized spacial score (nSPS) is 19.8. The molecule has 0 aromatic rings. The van der Waals surface area contributed by atoms with Crippen LogP contribution in [0.1, 0.15) is 40.5 Å². The summed E-state index contributed by atoms with van der Waals surface area (Å²) < 4.78 is 10.1. The number of ether oxygens (including phenoxy) is 2. The predicted molar refractivity (Wildman–Crippen MR) is 74.1 cm³/mol. The minimum Gasteiger partial charge on any atom is -0.490 e. The smallest absolute Gasteiger partial charge is 0.373 e. The summed E-state index contributed by atoms with van der Waals surface area (Å²) in [6.45, 7) is 8.01. The van der Waals surface area contributed by atoms with Crippen molar-refractivity contribution in [2.24, 2.45) is 0 Å². The Bertz CT molecular complexity index is 338. The van der Waals surface area contributed by atoms with E-state index in [4.69, 9.17) is 9.47 Å². The fourth-order valence-corrected chi connectivity index (χ4v) is 1.54. The van der Waals surface area contributed by atoms with E-state index in [9.17, 15) is 4.79 Å². The Hall–Kier alpha value is -1.51. The molecule has 0 unspecified atom stereocenters. The number of carbonyl (C=O) groups excluding carboxylic acids is 1. The minimum absolute atomic E-state index is 0.0633. The van der Waals surface area contributed by atoms with Crippen LogP contribution in [0, 0.1) is 0 Å². The fraction of sp³-hybridized carbons (Fsp3) is 0.533. The van der Waals surface area contributed by atoms with Gasteiger partial charge in [-0.05, 0) is 19.9 Å². The number of hydrogen-bond acceptors (Lipinski definition) is 3. The summed E-state index contributed by atoms with van der Waals surface area (Å²) in [7, 11) is 1.48. The summed E-state index contributed by atoms with van der Waals surface area (Å²) in [5, 5.41) is 0. The van der Waals surface area contributed by atoms with Crippen LogP contribution in [0.4, 0.5) is 0 Å². The van der Waals surface area contributed by atoms with Crippen molar-refractivity contribution in [1.82, 2.24) is 0 Å². The standard InChI is InChI=1S/C13H18O3.C2H6/c1-4-5-10(2)6-7-11-8-9-12(15-3)13(14)16-11;1-2/h4-6,9,11H,7-8H2,1-3H3;1-2H3/b5-4-,10-6+;/t11-;/m1./s1. The molecule has 0 bridgehead atoms. The maximum Gasteiger partial charge on any atom is 0.373 e. The van der Waals surface area contributed by atoms with Gasteiger partial charge in [-0.1, -0.05) is 37.6 Å². The monoisotopic (exact) mass is 252 g/mol. The van der Waals surface area contributed by atoms with Crippen molar-refractivity contribution in [3.63, 3.8) is 0 Å². The maximum atomic E-state index is 11.4. The summed E-state index contributed by atoms with van der Waals surface area (Å²) in [6.07, 6.45) is 9.28. The van der Waals surface area contributed by atoms with Gasteiger partial charge in [-0.2, -0.15) is 0 Å². The Morgan fingerprint density at radius 2 is 2.22 bits per heavy atom. The van der Waals surface area contributed by atoms with Gasteiger partial charge in [0.05, 0.1) is 7.11 Å². The lowest BCUT2D eigenvalue weighted by molar-refractivity contribution is -0.149. The van der Waals surface area contributed by atoms with E-state index in [1.807, 2.05) is 39.8 Å². The van der Waals surface area contributed by atoms with Gasteiger partial charge in [0.2, 0.25) is 0 Å². The van der Waals surface area contributed by atoms with E-state index >= 15 is 0 Å². The largest absolute Gasteiger partial charge is 0.490 e. The van der Waals surface area contributed by atoms with E-state index < -0.39 is 0 Å². The molecule has 0 N–H and O–H groups in total. The van der Waals surface area contributed by atoms with Crippen LogP contribution in [0.5, 0.6) is 0 Å². The van der Waals surface area contributed by atoms with Crippen LogP contribution in [0.2, 0.25) is 0 Å². The zero-order chi connectivity index (χ0) is 14.0. The molecule has 1 heterocycles. The topological polar surface area (TPSA) is 35.5 Å². The number of carbonyl (C=O) groups is 1. The van der Waals surface area contributed by atoms with E-state index in [0.717, 1.165) is 6.42 Å². The van der Waals surface area contributed by atoms with Crippen LogP contribution in [0.25, 0.3) is 0 Å². The first kappa shape index (κ1) is 16.5. The second-order valence-electron chi connectivity index (χ2n) is 3.72. The first-order chi connectivity index (χ1) is 8.67. The number of hydrogen-bond donors (Lipinski definition) is 0. The lowest BCUT2D eigenvalue weighted by Gasteiger charge is -2.20. The van der Waals surface area contributed by atoms with Crippen molar-refractivity contribution in [3.8, 4) is 0 Å². The third kappa shape index (κ3) is 5.71.